The first-order valence-electron chi connectivity index (χ1n) is 5.96. The topological polar surface area (TPSA) is 122 Å². The van der Waals surface area contributed by atoms with Gasteiger partial charge in [0.05, 0.1) is 10.6 Å². The van der Waals surface area contributed by atoms with Gasteiger partial charge in [-0.2, -0.15) is 5.11 Å². The average Bonchev–Trinajstić information content (AvgIpc) is 2.45. The van der Waals surface area contributed by atoms with Crippen molar-refractivity contribution in [3.63, 3.8) is 0 Å². The summed E-state index contributed by atoms with van der Waals surface area (Å²) in [4.78, 5) is 9.78. The number of hydrogen-bond donors (Lipinski definition) is 1. The van der Waals surface area contributed by atoms with Crippen LogP contribution in [0.2, 0.25) is 0 Å². The molecule has 0 unspecified atom stereocenters. The molecule has 0 aliphatic heterocycles. The second kappa shape index (κ2) is 5.90. The smallest absolute Gasteiger partial charge is 0.270 e. The summed E-state index contributed by atoms with van der Waals surface area (Å²) in [6.45, 7) is 0. The van der Waals surface area contributed by atoms with E-state index in [2.05, 4.69) is 10.2 Å². The molecule has 2 rings (SSSR count). The molecule has 0 bridgehead atoms. The van der Waals surface area contributed by atoms with Crippen molar-refractivity contribution in [3.8, 4) is 5.75 Å². The molecule has 2 aromatic carbocycles. The zero-order valence-electron chi connectivity index (χ0n) is 11.4. The van der Waals surface area contributed by atoms with Crippen LogP contribution in [0, 0.1) is 10.1 Å². The number of nitro groups is 1. The molecule has 0 atom stereocenters. The SMILES string of the molecule is CS(=O)(=O)c1cc([N+](=O)[O-])ccc1/N=N/c1ccc(O)cc1. The van der Waals surface area contributed by atoms with Crippen LogP contribution in [0.1, 0.15) is 0 Å². The minimum Gasteiger partial charge on any atom is -0.508 e. The van der Waals surface area contributed by atoms with E-state index in [1.165, 1.54) is 30.3 Å². The van der Waals surface area contributed by atoms with Gasteiger partial charge < -0.3 is 5.11 Å². The van der Waals surface area contributed by atoms with Gasteiger partial charge in [0.1, 0.15) is 16.3 Å². The molecule has 0 aromatic heterocycles. The van der Waals surface area contributed by atoms with E-state index in [-0.39, 0.29) is 22.0 Å². The number of azo groups is 1. The van der Waals surface area contributed by atoms with Crippen LogP contribution in [-0.2, 0) is 9.84 Å². The molecule has 0 amide bonds. The second-order valence-corrected chi connectivity index (χ2v) is 6.38. The Morgan fingerprint density at radius 3 is 2.27 bits per heavy atom. The maximum absolute atomic E-state index is 11.7. The molecule has 8 nitrogen and oxygen atoms in total. The van der Waals surface area contributed by atoms with E-state index in [0.717, 1.165) is 18.4 Å². The van der Waals surface area contributed by atoms with E-state index in [9.17, 15) is 18.5 Å². The predicted molar refractivity (Wildman–Crippen MR) is 78.5 cm³/mol. The minimum atomic E-state index is -3.70. The quantitative estimate of drug-likeness (QED) is 0.526. The Kier molecular flexibility index (Phi) is 4.18. The summed E-state index contributed by atoms with van der Waals surface area (Å²) in [6.07, 6.45) is 0.936. The molecule has 22 heavy (non-hydrogen) atoms. The molecule has 0 fully saturated rings. The third kappa shape index (κ3) is 3.64. The molecule has 114 valence electrons. The summed E-state index contributed by atoms with van der Waals surface area (Å²) in [6, 6.07) is 9.11. The minimum absolute atomic E-state index is 0.00109. The highest BCUT2D eigenvalue weighted by Crippen LogP contribution is 2.30. The standard InChI is InChI=1S/C13H11N3O5S/c1-22(20,21)13-8-10(16(18)19)4-7-12(13)15-14-9-2-5-11(17)6-3-9/h2-8,17H,1H3/b15-14+. The molecule has 1 N–H and O–H groups in total. The van der Waals surface area contributed by atoms with Crippen LogP contribution in [0.15, 0.2) is 57.6 Å². The Bertz CT molecular complexity index is 844. The van der Waals surface area contributed by atoms with Crippen LogP contribution >= 0.6 is 0 Å². The molecule has 0 aliphatic carbocycles. The summed E-state index contributed by atoms with van der Waals surface area (Å²) in [7, 11) is -3.70. The summed E-state index contributed by atoms with van der Waals surface area (Å²) < 4.78 is 23.5. The molecular weight excluding hydrogens is 310 g/mol. The number of phenolic OH excluding ortho intramolecular Hbond substituents is 1. The second-order valence-electron chi connectivity index (χ2n) is 4.40. The first-order chi connectivity index (χ1) is 10.3. The van der Waals surface area contributed by atoms with Crippen molar-refractivity contribution in [1.29, 1.82) is 0 Å². The number of benzene rings is 2. The van der Waals surface area contributed by atoms with E-state index in [1.54, 1.807) is 0 Å². The van der Waals surface area contributed by atoms with Crippen LogP contribution in [0.25, 0.3) is 0 Å². The van der Waals surface area contributed by atoms with Gasteiger partial charge in [0.15, 0.2) is 9.84 Å². The highest BCUT2D eigenvalue weighted by Gasteiger charge is 2.18. The van der Waals surface area contributed by atoms with Gasteiger partial charge in [-0.15, -0.1) is 5.11 Å². The predicted octanol–water partition coefficient (Wildman–Crippen LogP) is 3.12. The van der Waals surface area contributed by atoms with Crippen LogP contribution < -0.4 is 0 Å². The van der Waals surface area contributed by atoms with Gasteiger partial charge in [0, 0.05) is 18.4 Å². The fourth-order valence-corrected chi connectivity index (χ4v) is 2.45. The lowest BCUT2D eigenvalue weighted by atomic mass is 10.3. The fourth-order valence-electron chi connectivity index (χ4n) is 1.63. The zero-order valence-corrected chi connectivity index (χ0v) is 12.2. The van der Waals surface area contributed by atoms with Gasteiger partial charge in [-0.3, -0.25) is 10.1 Å². The van der Waals surface area contributed by atoms with Crippen molar-refractivity contribution in [2.24, 2.45) is 10.2 Å². The monoisotopic (exact) mass is 321 g/mol. The normalized spacial score (nSPS) is 11.7. The van der Waals surface area contributed by atoms with Crippen molar-refractivity contribution in [3.05, 3.63) is 52.6 Å². The Morgan fingerprint density at radius 2 is 1.73 bits per heavy atom. The number of hydrogen-bond acceptors (Lipinski definition) is 7. The van der Waals surface area contributed by atoms with Crippen LogP contribution in [0.3, 0.4) is 0 Å². The summed E-state index contributed by atoms with van der Waals surface area (Å²) in [5.41, 5.74) is 0.0563. The van der Waals surface area contributed by atoms with E-state index >= 15 is 0 Å². The zero-order chi connectivity index (χ0) is 16.3. The number of nitrogens with zero attached hydrogens (tertiary/aromatic N) is 3. The van der Waals surface area contributed by atoms with Crippen molar-refractivity contribution >= 4 is 26.9 Å². The van der Waals surface area contributed by atoms with Crippen molar-refractivity contribution in [1.82, 2.24) is 0 Å². The van der Waals surface area contributed by atoms with Crippen LogP contribution in [0.4, 0.5) is 17.1 Å². The largest absolute Gasteiger partial charge is 0.508 e. The van der Waals surface area contributed by atoms with Gasteiger partial charge in [-0.1, -0.05) is 0 Å². The van der Waals surface area contributed by atoms with E-state index in [0.29, 0.717) is 5.69 Å². The molecule has 9 heteroatoms. The average molecular weight is 321 g/mol. The first-order valence-corrected chi connectivity index (χ1v) is 7.86. The van der Waals surface area contributed by atoms with Crippen molar-refractivity contribution < 1.29 is 18.4 Å². The Morgan fingerprint density at radius 1 is 1.09 bits per heavy atom. The Balaban J connectivity index is 2.46. The molecule has 0 saturated carbocycles. The maximum atomic E-state index is 11.7. The molecule has 0 radical (unpaired) electrons. The lowest BCUT2D eigenvalue weighted by Crippen LogP contribution is -1.99. The number of nitro benzene ring substituents is 1. The highest BCUT2D eigenvalue weighted by atomic mass is 32.2. The number of rotatable bonds is 4. The van der Waals surface area contributed by atoms with Crippen molar-refractivity contribution in [2.45, 2.75) is 4.90 Å². The highest BCUT2D eigenvalue weighted by molar-refractivity contribution is 7.90. The van der Waals surface area contributed by atoms with Gasteiger partial charge >= 0.3 is 0 Å². The molecule has 0 aliphatic rings. The van der Waals surface area contributed by atoms with Gasteiger partial charge in [0.2, 0.25) is 0 Å². The molecule has 2 aromatic rings. The summed E-state index contributed by atoms with van der Waals surface area (Å²) in [5, 5.41) is 27.6. The molecular formula is C13H11N3O5S. The molecule has 0 saturated heterocycles. The fraction of sp³-hybridized carbons (Fsp3) is 0.0769. The van der Waals surface area contributed by atoms with E-state index in [4.69, 9.17) is 5.11 Å². The third-order valence-electron chi connectivity index (χ3n) is 2.68. The van der Waals surface area contributed by atoms with Gasteiger partial charge in [0.25, 0.3) is 5.69 Å². The number of sulfone groups is 1. The van der Waals surface area contributed by atoms with Gasteiger partial charge in [-0.25, -0.2) is 8.42 Å². The Hall–Kier alpha value is -2.81. The lowest BCUT2D eigenvalue weighted by Gasteiger charge is -2.02. The molecule has 0 heterocycles. The first kappa shape index (κ1) is 15.6. The third-order valence-corrected chi connectivity index (χ3v) is 3.80. The summed E-state index contributed by atoms with van der Waals surface area (Å²) in [5.74, 6) is 0.0612. The van der Waals surface area contributed by atoms with E-state index in [1.807, 2.05) is 0 Å². The summed E-state index contributed by atoms with van der Waals surface area (Å²) >= 11 is 0. The van der Waals surface area contributed by atoms with E-state index < -0.39 is 14.8 Å². The number of aromatic hydroxyl groups is 1. The molecule has 0 spiro atoms. The number of phenols is 1. The Labute approximate surface area is 125 Å². The lowest BCUT2D eigenvalue weighted by molar-refractivity contribution is -0.385. The van der Waals surface area contributed by atoms with Crippen LogP contribution in [0.5, 0.6) is 5.75 Å². The van der Waals surface area contributed by atoms with Gasteiger partial charge in [-0.05, 0) is 30.3 Å². The van der Waals surface area contributed by atoms with Crippen LogP contribution in [-0.4, -0.2) is 24.7 Å². The van der Waals surface area contributed by atoms with Crippen molar-refractivity contribution in [2.75, 3.05) is 6.26 Å². The maximum Gasteiger partial charge on any atom is 0.270 e. The number of non-ortho nitro benzene ring substituents is 1.